The van der Waals surface area contributed by atoms with Crippen LogP contribution in [0.25, 0.3) is 0 Å². The number of carboxylic acid groups (broad SMARTS) is 1. The lowest BCUT2D eigenvalue weighted by atomic mass is 10.0. The van der Waals surface area contributed by atoms with Crippen molar-refractivity contribution < 1.29 is 19.4 Å². The van der Waals surface area contributed by atoms with E-state index in [2.05, 4.69) is 0 Å². The number of pyridine rings is 1. The number of carbonyl (C=O) groups excluding carboxylic acids is 1. The summed E-state index contributed by atoms with van der Waals surface area (Å²) in [7, 11) is 1.73. The Bertz CT molecular complexity index is 966. The van der Waals surface area contributed by atoms with Crippen LogP contribution in [0.4, 0.5) is 0 Å². The van der Waals surface area contributed by atoms with E-state index in [9.17, 15) is 19.5 Å². The number of rotatable bonds is 4. The van der Waals surface area contributed by atoms with Crippen LogP contribution < -0.4 is 10.2 Å². The first-order chi connectivity index (χ1) is 13.0. The molecule has 2 atom stereocenters. The molecule has 2 aromatic rings. The molecule has 7 heteroatoms. The van der Waals surface area contributed by atoms with Gasteiger partial charge in [0.05, 0.1) is 12.1 Å². The van der Waals surface area contributed by atoms with Gasteiger partial charge >= 0.3 is 5.97 Å². The number of hydrogen-bond donors (Lipinski definition) is 1. The predicted octanol–water partition coefficient (Wildman–Crippen LogP) is 2.30. The number of aromatic carboxylic acids is 1. The summed E-state index contributed by atoms with van der Waals surface area (Å²) in [5.41, 5.74) is -0.161. The summed E-state index contributed by atoms with van der Waals surface area (Å²) in [5.74, 6) is -1.81. The van der Waals surface area contributed by atoms with E-state index in [1.165, 1.54) is 6.20 Å². The molecule has 0 spiro atoms. The zero-order chi connectivity index (χ0) is 19.1. The number of likely N-dealkylation sites (N-methyl/N-ethyl adjacent to an activating group) is 1. The lowest BCUT2D eigenvalue weighted by Crippen LogP contribution is -2.48. The summed E-state index contributed by atoms with van der Waals surface area (Å²) >= 11 is 0. The molecule has 1 aliphatic heterocycles. The standard InChI is InChI=1S/C20H20N2O5/c1-21-14-8-5-9-15(14)22-10-13(20(25)26)17(23)18(16(22)19(21)24)27-11-12-6-3-2-4-7-12/h2-4,6-7,10,14-15H,5,8-9,11H2,1H3,(H,25,26)/t14-,15+/m0/s1. The van der Waals surface area contributed by atoms with Crippen molar-refractivity contribution in [3.63, 3.8) is 0 Å². The quantitative estimate of drug-likeness (QED) is 0.895. The van der Waals surface area contributed by atoms with Gasteiger partial charge in [-0.3, -0.25) is 9.59 Å². The van der Waals surface area contributed by atoms with Crippen molar-refractivity contribution in [3.8, 4) is 5.75 Å². The molecule has 1 aliphatic carbocycles. The van der Waals surface area contributed by atoms with Crippen molar-refractivity contribution >= 4 is 11.9 Å². The SMILES string of the molecule is CN1C(=O)c2c(OCc3ccccc3)c(=O)c(C(=O)O)cn2[C@@H]2CCC[C@@H]21. The predicted molar refractivity (Wildman–Crippen MR) is 97.2 cm³/mol. The van der Waals surface area contributed by atoms with Gasteiger partial charge in [0.1, 0.15) is 12.2 Å². The van der Waals surface area contributed by atoms with Crippen molar-refractivity contribution in [1.29, 1.82) is 0 Å². The van der Waals surface area contributed by atoms with E-state index < -0.39 is 11.4 Å². The molecule has 2 aliphatic rings. The van der Waals surface area contributed by atoms with Gasteiger partial charge in [-0.25, -0.2) is 4.79 Å². The third-order valence-corrected chi connectivity index (χ3v) is 5.47. The van der Waals surface area contributed by atoms with E-state index in [0.29, 0.717) is 0 Å². The van der Waals surface area contributed by atoms with Gasteiger partial charge in [-0.15, -0.1) is 0 Å². The summed E-state index contributed by atoms with van der Waals surface area (Å²) in [6.07, 6.45) is 3.95. The molecule has 0 saturated heterocycles. The fourth-order valence-corrected chi connectivity index (χ4v) is 4.11. The number of amides is 1. The Hall–Kier alpha value is -3.09. The van der Waals surface area contributed by atoms with Crippen LogP contribution in [0.2, 0.25) is 0 Å². The highest BCUT2D eigenvalue weighted by molar-refractivity contribution is 5.98. The summed E-state index contributed by atoms with van der Waals surface area (Å²) in [6, 6.07) is 9.20. The minimum absolute atomic E-state index is 0.0103. The molecule has 2 heterocycles. The van der Waals surface area contributed by atoms with Crippen LogP contribution in [-0.4, -0.2) is 39.5 Å². The molecule has 1 fully saturated rings. The van der Waals surface area contributed by atoms with E-state index in [0.717, 1.165) is 24.8 Å². The highest BCUT2D eigenvalue weighted by Crippen LogP contribution is 2.40. The minimum Gasteiger partial charge on any atom is -0.483 e. The maximum Gasteiger partial charge on any atom is 0.341 e. The maximum absolute atomic E-state index is 13.0. The highest BCUT2D eigenvalue weighted by atomic mass is 16.5. The Morgan fingerprint density at radius 2 is 1.89 bits per heavy atom. The van der Waals surface area contributed by atoms with E-state index in [1.54, 1.807) is 16.5 Å². The van der Waals surface area contributed by atoms with Crippen molar-refractivity contribution in [1.82, 2.24) is 9.47 Å². The van der Waals surface area contributed by atoms with Crippen molar-refractivity contribution in [3.05, 3.63) is 63.6 Å². The van der Waals surface area contributed by atoms with Crippen molar-refractivity contribution in [2.45, 2.75) is 38.0 Å². The van der Waals surface area contributed by atoms with Gasteiger partial charge in [0.15, 0.2) is 11.4 Å². The van der Waals surface area contributed by atoms with Crippen LogP contribution in [0.1, 0.15) is 51.7 Å². The van der Waals surface area contributed by atoms with E-state index in [1.807, 2.05) is 30.3 Å². The summed E-state index contributed by atoms with van der Waals surface area (Å²) in [6.45, 7) is 0.0806. The molecule has 7 nitrogen and oxygen atoms in total. The number of carboxylic acids is 1. The molecular formula is C20H20N2O5. The smallest absolute Gasteiger partial charge is 0.341 e. The van der Waals surface area contributed by atoms with E-state index in [-0.39, 0.29) is 41.6 Å². The monoisotopic (exact) mass is 368 g/mol. The Labute approximate surface area is 155 Å². The number of ether oxygens (including phenoxy) is 1. The van der Waals surface area contributed by atoms with Crippen LogP contribution in [0.5, 0.6) is 5.75 Å². The first kappa shape index (κ1) is 17.3. The molecule has 0 radical (unpaired) electrons. The molecule has 1 N–H and O–H groups in total. The third kappa shape index (κ3) is 2.79. The molecule has 0 unspecified atom stereocenters. The Kier molecular flexibility index (Phi) is 4.22. The van der Waals surface area contributed by atoms with Crippen LogP contribution >= 0.6 is 0 Å². The largest absolute Gasteiger partial charge is 0.483 e. The van der Waals surface area contributed by atoms with Gasteiger partial charge in [0.2, 0.25) is 5.43 Å². The van der Waals surface area contributed by atoms with E-state index >= 15 is 0 Å². The zero-order valence-electron chi connectivity index (χ0n) is 14.9. The Morgan fingerprint density at radius 1 is 1.19 bits per heavy atom. The second-order valence-electron chi connectivity index (χ2n) is 7.02. The second-order valence-corrected chi connectivity index (χ2v) is 7.02. The van der Waals surface area contributed by atoms with Gasteiger partial charge in [-0.1, -0.05) is 30.3 Å². The summed E-state index contributed by atoms with van der Waals surface area (Å²) in [5, 5.41) is 9.47. The lowest BCUT2D eigenvalue weighted by Gasteiger charge is -2.38. The van der Waals surface area contributed by atoms with Crippen LogP contribution in [-0.2, 0) is 6.61 Å². The van der Waals surface area contributed by atoms with Gasteiger partial charge in [-0.05, 0) is 24.8 Å². The highest BCUT2D eigenvalue weighted by Gasteiger charge is 2.43. The maximum atomic E-state index is 13.0. The molecule has 1 aromatic carbocycles. The lowest BCUT2D eigenvalue weighted by molar-refractivity contribution is 0.0605. The molecule has 1 aromatic heterocycles. The number of nitrogens with zero attached hydrogens (tertiary/aromatic N) is 2. The first-order valence-electron chi connectivity index (χ1n) is 8.95. The molecule has 1 amide bonds. The number of hydrogen-bond acceptors (Lipinski definition) is 4. The van der Waals surface area contributed by atoms with Crippen molar-refractivity contribution in [2.75, 3.05) is 7.05 Å². The third-order valence-electron chi connectivity index (χ3n) is 5.47. The minimum atomic E-state index is -1.32. The van der Waals surface area contributed by atoms with Crippen LogP contribution in [0.3, 0.4) is 0 Å². The summed E-state index contributed by atoms with van der Waals surface area (Å²) in [4.78, 5) is 39.0. The average molecular weight is 368 g/mol. The van der Waals surface area contributed by atoms with Crippen LogP contribution in [0, 0.1) is 0 Å². The van der Waals surface area contributed by atoms with Gasteiger partial charge in [0, 0.05) is 13.2 Å². The Balaban J connectivity index is 1.85. The molecule has 27 heavy (non-hydrogen) atoms. The fourth-order valence-electron chi connectivity index (χ4n) is 4.11. The van der Waals surface area contributed by atoms with Gasteiger partial charge < -0.3 is 19.3 Å². The molecule has 0 bridgehead atoms. The number of fused-ring (bicyclic) bond motifs is 3. The summed E-state index contributed by atoms with van der Waals surface area (Å²) < 4.78 is 7.39. The second kappa shape index (κ2) is 6.57. The number of aromatic nitrogens is 1. The average Bonchev–Trinajstić information content (AvgIpc) is 3.15. The van der Waals surface area contributed by atoms with Crippen molar-refractivity contribution in [2.24, 2.45) is 0 Å². The first-order valence-corrected chi connectivity index (χ1v) is 8.95. The Morgan fingerprint density at radius 3 is 2.59 bits per heavy atom. The molecule has 1 saturated carbocycles. The van der Waals surface area contributed by atoms with Gasteiger partial charge in [0.25, 0.3) is 5.91 Å². The number of carbonyl (C=O) groups is 2. The molecular weight excluding hydrogens is 348 g/mol. The van der Waals surface area contributed by atoms with Gasteiger partial charge in [-0.2, -0.15) is 0 Å². The van der Waals surface area contributed by atoms with Crippen LogP contribution in [0.15, 0.2) is 41.3 Å². The normalized spacial score (nSPS) is 20.9. The zero-order valence-corrected chi connectivity index (χ0v) is 14.9. The molecule has 140 valence electrons. The topological polar surface area (TPSA) is 88.8 Å². The fraction of sp³-hybridized carbons (Fsp3) is 0.350. The van der Waals surface area contributed by atoms with E-state index in [4.69, 9.17) is 4.74 Å². The molecule has 4 rings (SSSR count). The number of benzene rings is 1.